The number of pyridine rings is 1. The van der Waals surface area contributed by atoms with E-state index in [0.29, 0.717) is 22.6 Å². The van der Waals surface area contributed by atoms with E-state index in [4.69, 9.17) is 9.47 Å². The number of nitrogens with zero attached hydrogens (tertiary/aromatic N) is 2. The van der Waals surface area contributed by atoms with Gasteiger partial charge in [-0.25, -0.2) is 0 Å². The number of hydrogen-bond donors (Lipinski definition) is 1. The number of hydrogen-bond acceptors (Lipinski definition) is 6. The van der Waals surface area contributed by atoms with Crippen LogP contribution in [0.4, 0.5) is 0 Å². The van der Waals surface area contributed by atoms with Crippen LogP contribution in [-0.4, -0.2) is 40.9 Å². The minimum Gasteiger partial charge on any atom is -0.507 e. The Morgan fingerprint density at radius 1 is 1.06 bits per heavy atom. The number of amides is 1. The maximum atomic E-state index is 13.5. The van der Waals surface area contributed by atoms with Crippen molar-refractivity contribution in [3.8, 4) is 11.5 Å². The Labute approximate surface area is 211 Å². The van der Waals surface area contributed by atoms with Crippen LogP contribution in [0, 0.1) is 6.92 Å². The number of likely N-dealkylation sites (tertiary alicyclic amines) is 1. The Kier molecular flexibility index (Phi) is 7.10. The number of Topliss-reactive ketones (excluding diaryl/α,β-unsaturated/α-hetero) is 1. The fraction of sp³-hybridized carbons (Fsp3) is 0.276. The van der Waals surface area contributed by atoms with Gasteiger partial charge in [-0.3, -0.25) is 14.6 Å². The molecule has 3 aromatic rings. The highest BCUT2D eigenvalue weighted by atomic mass is 16.5. The summed E-state index contributed by atoms with van der Waals surface area (Å²) in [5.41, 5.74) is 3.51. The van der Waals surface area contributed by atoms with Crippen molar-refractivity contribution in [3.63, 3.8) is 0 Å². The van der Waals surface area contributed by atoms with Gasteiger partial charge in [-0.05, 0) is 53.8 Å². The predicted molar refractivity (Wildman–Crippen MR) is 137 cm³/mol. The first-order chi connectivity index (χ1) is 17.3. The summed E-state index contributed by atoms with van der Waals surface area (Å²) in [4.78, 5) is 32.4. The highest BCUT2D eigenvalue weighted by molar-refractivity contribution is 6.46. The smallest absolute Gasteiger partial charge is 0.295 e. The van der Waals surface area contributed by atoms with Crippen LogP contribution in [0.25, 0.3) is 5.76 Å². The van der Waals surface area contributed by atoms with Crippen molar-refractivity contribution >= 4 is 17.4 Å². The van der Waals surface area contributed by atoms with Crippen molar-refractivity contribution in [2.24, 2.45) is 0 Å². The van der Waals surface area contributed by atoms with Gasteiger partial charge in [0, 0.05) is 30.1 Å². The number of carbonyl (C=O) groups is 2. The maximum absolute atomic E-state index is 13.5. The maximum Gasteiger partial charge on any atom is 0.295 e. The summed E-state index contributed by atoms with van der Waals surface area (Å²) < 4.78 is 11.1. The zero-order valence-corrected chi connectivity index (χ0v) is 21.1. The zero-order valence-electron chi connectivity index (χ0n) is 21.1. The van der Waals surface area contributed by atoms with Gasteiger partial charge in [0.25, 0.3) is 11.7 Å². The molecule has 1 atom stereocenters. The number of aromatic nitrogens is 1. The fourth-order valence-corrected chi connectivity index (χ4v) is 4.67. The molecule has 2 heterocycles. The van der Waals surface area contributed by atoms with Crippen molar-refractivity contribution in [2.45, 2.75) is 39.3 Å². The monoisotopic (exact) mass is 486 g/mol. The number of carbonyl (C=O) groups excluding carboxylic acids is 2. The molecule has 2 aromatic carbocycles. The summed E-state index contributed by atoms with van der Waals surface area (Å²) in [7, 11) is 3.14. The molecule has 1 amide bonds. The Bertz CT molecular complexity index is 1330. The van der Waals surface area contributed by atoms with Crippen LogP contribution in [0.1, 0.15) is 53.6 Å². The molecule has 1 saturated heterocycles. The number of ketones is 1. The van der Waals surface area contributed by atoms with Crippen molar-refractivity contribution < 1.29 is 24.2 Å². The number of ether oxygens (including phenoxy) is 2. The zero-order chi connectivity index (χ0) is 26.0. The number of rotatable bonds is 7. The molecule has 186 valence electrons. The lowest BCUT2D eigenvalue weighted by Gasteiger charge is -2.27. The van der Waals surface area contributed by atoms with Crippen molar-refractivity contribution in [1.29, 1.82) is 0 Å². The van der Waals surface area contributed by atoms with Crippen LogP contribution < -0.4 is 9.47 Å². The topological polar surface area (TPSA) is 89.0 Å². The molecule has 1 aliphatic heterocycles. The quantitative estimate of drug-likeness (QED) is 0.282. The Balaban J connectivity index is 1.95. The second-order valence-corrected chi connectivity index (χ2v) is 9.09. The molecule has 1 aromatic heterocycles. The molecule has 0 saturated carbocycles. The summed E-state index contributed by atoms with van der Waals surface area (Å²) in [6.45, 7) is 6.04. The average Bonchev–Trinajstić information content (AvgIpc) is 3.13. The van der Waals surface area contributed by atoms with E-state index < -0.39 is 17.7 Å². The molecule has 1 aliphatic rings. The van der Waals surface area contributed by atoms with E-state index in [0.717, 1.165) is 16.7 Å². The number of aryl methyl sites for hydroxylation is 1. The van der Waals surface area contributed by atoms with Crippen LogP contribution in [0.5, 0.6) is 11.5 Å². The molecular formula is C29H30N2O5. The van der Waals surface area contributed by atoms with Crippen LogP contribution in [0.3, 0.4) is 0 Å². The average molecular weight is 487 g/mol. The van der Waals surface area contributed by atoms with E-state index in [-0.39, 0.29) is 23.8 Å². The molecule has 7 heteroatoms. The third kappa shape index (κ3) is 4.44. The molecule has 1 N–H and O–H groups in total. The first-order valence-corrected chi connectivity index (χ1v) is 11.8. The van der Waals surface area contributed by atoms with Crippen LogP contribution >= 0.6 is 0 Å². The van der Waals surface area contributed by atoms with Gasteiger partial charge in [0.05, 0.1) is 25.8 Å². The molecule has 0 radical (unpaired) electrons. The largest absolute Gasteiger partial charge is 0.507 e. The third-order valence-electron chi connectivity index (χ3n) is 6.50. The lowest BCUT2D eigenvalue weighted by atomic mass is 9.90. The van der Waals surface area contributed by atoms with E-state index in [2.05, 4.69) is 4.98 Å². The van der Waals surface area contributed by atoms with Gasteiger partial charge in [0.2, 0.25) is 0 Å². The SMILES string of the molecule is COc1cc(C)c(/C(O)=C2\C(=O)C(=O)N(Cc3cccnc3)C2c2ccccc2OC)cc1C(C)C. The predicted octanol–water partition coefficient (Wildman–Crippen LogP) is 5.15. The number of para-hydroxylation sites is 1. The van der Waals surface area contributed by atoms with Gasteiger partial charge < -0.3 is 19.5 Å². The van der Waals surface area contributed by atoms with Gasteiger partial charge in [0.1, 0.15) is 17.3 Å². The van der Waals surface area contributed by atoms with E-state index in [9.17, 15) is 14.7 Å². The molecular weight excluding hydrogens is 456 g/mol. The van der Waals surface area contributed by atoms with Crippen molar-refractivity contribution in [1.82, 2.24) is 9.88 Å². The number of aliphatic hydroxyl groups excluding tert-OH is 1. The summed E-state index contributed by atoms with van der Waals surface area (Å²) >= 11 is 0. The minimum atomic E-state index is -0.842. The van der Waals surface area contributed by atoms with E-state index in [1.54, 1.807) is 37.7 Å². The first kappa shape index (κ1) is 25.0. The summed E-state index contributed by atoms with van der Waals surface area (Å²) in [5.74, 6) is -0.316. The second kappa shape index (κ2) is 10.2. The Hall–Kier alpha value is -4.13. The molecule has 0 bridgehead atoms. The summed E-state index contributed by atoms with van der Waals surface area (Å²) in [5, 5.41) is 11.6. The molecule has 0 aliphatic carbocycles. The van der Waals surface area contributed by atoms with Crippen LogP contribution in [0.15, 0.2) is 66.5 Å². The Morgan fingerprint density at radius 3 is 2.42 bits per heavy atom. The van der Waals surface area contributed by atoms with Crippen molar-refractivity contribution in [3.05, 3.63) is 94.3 Å². The number of aliphatic hydroxyl groups is 1. The van der Waals surface area contributed by atoms with E-state index in [1.165, 1.54) is 12.0 Å². The van der Waals surface area contributed by atoms with Crippen molar-refractivity contribution in [2.75, 3.05) is 14.2 Å². The standard InChI is InChI=1S/C29H30N2O5/c1-17(2)21-14-22(18(3)13-24(21)36-5)27(32)25-26(20-10-6-7-11-23(20)35-4)31(29(34)28(25)33)16-19-9-8-12-30-15-19/h6-15,17,26,32H,16H2,1-5H3/b27-25+. The van der Waals surface area contributed by atoms with E-state index >= 15 is 0 Å². The van der Waals surface area contributed by atoms with Crippen LogP contribution in [-0.2, 0) is 16.1 Å². The lowest BCUT2D eigenvalue weighted by Crippen LogP contribution is -2.29. The molecule has 0 spiro atoms. The molecule has 1 unspecified atom stereocenters. The van der Waals surface area contributed by atoms with Gasteiger partial charge in [-0.2, -0.15) is 0 Å². The first-order valence-electron chi connectivity index (χ1n) is 11.8. The summed E-state index contributed by atoms with van der Waals surface area (Å²) in [6, 6.07) is 13.7. The van der Waals surface area contributed by atoms with Gasteiger partial charge in [0.15, 0.2) is 0 Å². The normalized spacial score (nSPS) is 17.1. The number of benzene rings is 2. The number of methoxy groups -OCH3 is 2. The van der Waals surface area contributed by atoms with Gasteiger partial charge >= 0.3 is 0 Å². The highest BCUT2D eigenvalue weighted by Crippen LogP contribution is 2.44. The fourth-order valence-electron chi connectivity index (χ4n) is 4.67. The second-order valence-electron chi connectivity index (χ2n) is 9.09. The lowest BCUT2D eigenvalue weighted by molar-refractivity contribution is -0.140. The van der Waals surface area contributed by atoms with Crippen LogP contribution in [0.2, 0.25) is 0 Å². The third-order valence-corrected chi connectivity index (χ3v) is 6.50. The molecule has 1 fully saturated rings. The van der Waals surface area contributed by atoms with E-state index in [1.807, 2.05) is 51.1 Å². The molecule has 7 nitrogen and oxygen atoms in total. The van der Waals surface area contributed by atoms with Gasteiger partial charge in [-0.15, -0.1) is 0 Å². The molecule has 36 heavy (non-hydrogen) atoms. The minimum absolute atomic E-state index is 0.0244. The molecule has 4 rings (SSSR count). The summed E-state index contributed by atoms with van der Waals surface area (Å²) in [6.07, 6.45) is 3.30. The van der Waals surface area contributed by atoms with Gasteiger partial charge in [-0.1, -0.05) is 38.1 Å². The highest BCUT2D eigenvalue weighted by Gasteiger charge is 2.47. The Morgan fingerprint density at radius 2 is 1.78 bits per heavy atom.